The molecule has 1 heterocycles. The Balaban J connectivity index is 1.82. The van der Waals surface area contributed by atoms with Crippen molar-refractivity contribution in [2.45, 2.75) is 70.4 Å². The van der Waals surface area contributed by atoms with E-state index in [0.29, 0.717) is 30.8 Å². The number of carboxylic acid groups (broad SMARTS) is 1. The molecule has 0 aromatic heterocycles. The fourth-order valence-electron chi connectivity index (χ4n) is 4.34. The quantitative estimate of drug-likeness (QED) is 0.302. The molecule has 2 aromatic carbocycles. The molecule has 3 N–H and O–H groups in total. The van der Waals surface area contributed by atoms with Crippen molar-refractivity contribution < 1.29 is 43.8 Å². The van der Waals surface area contributed by atoms with Crippen LogP contribution in [0.4, 0.5) is 0 Å². The molecule has 1 aliphatic heterocycles. The number of aromatic hydroxyl groups is 1. The zero-order valence-corrected chi connectivity index (χ0v) is 23.0. The molecule has 0 radical (unpaired) electrons. The first-order valence-electron chi connectivity index (χ1n) is 12.8. The average Bonchev–Trinajstić information content (AvgIpc) is 3.19. The molecule has 0 bridgehead atoms. The molecular formula is C30H38O9. The maximum atomic E-state index is 11.7. The number of aliphatic hydroxyl groups is 1. The van der Waals surface area contributed by atoms with E-state index in [-0.39, 0.29) is 11.3 Å². The molecule has 0 aliphatic carbocycles. The van der Waals surface area contributed by atoms with Crippen molar-refractivity contribution in [2.24, 2.45) is 0 Å². The summed E-state index contributed by atoms with van der Waals surface area (Å²) in [5.41, 5.74) is 1.05. The summed E-state index contributed by atoms with van der Waals surface area (Å²) in [5.74, 6) is -1.40. The molecule has 3 rings (SSSR count). The zero-order valence-electron chi connectivity index (χ0n) is 23.0. The molecule has 1 fully saturated rings. The molecule has 4 atom stereocenters. The molecular weight excluding hydrogens is 504 g/mol. The Hall–Kier alpha value is -3.37. The van der Waals surface area contributed by atoms with E-state index >= 15 is 0 Å². The predicted octanol–water partition coefficient (Wildman–Crippen LogP) is 4.94. The Bertz CT molecular complexity index is 1150. The topological polar surface area (TPSA) is 124 Å². The van der Waals surface area contributed by atoms with Gasteiger partial charge in [0, 0.05) is 6.07 Å². The highest BCUT2D eigenvalue weighted by molar-refractivity contribution is 5.95. The molecule has 212 valence electrons. The largest absolute Gasteiger partial charge is 0.507 e. The number of ether oxygens (including phenoxy) is 5. The first kappa shape index (κ1) is 30.2. The highest BCUT2D eigenvalue weighted by Crippen LogP contribution is 2.35. The third-order valence-electron chi connectivity index (χ3n) is 6.19. The van der Waals surface area contributed by atoms with Crippen LogP contribution in [0.15, 0.2) is 54.6 Å². The summed E-state index contributed by atoms with van der Waals surface area (Å²) in [4.78, 5) is 11.7. The second kappa shape index (κ2) is 13.6. The molecule has 0 saturated carbocycles. The van der Waals surface area contributed by atoms with Crippen LogP contribution in [0.5, 0.6) is 17.2 Å². The summed E-state index contributed by atoms with van der Waals surface area (Å²) < 4.78 is 29.1. The molecule has 0 amide bonds. The summed E-state index contributed by atoms with van der Waals surface area (Å²) >= 11 is 0. The summed E-state index contributed by atoms with van der Waals surface area (Å²) in [7, 11) is 3.05. The molecule has 1 saturated heterocycles. The normalized spacial score (nSPS) is 20.4. The van der Waals surface area contributed by atoms with Gasteiger partial charge in [0.15, 0.2) is 5.79 Å². The molecule has 2 aromatic rings. The maximum Gasteiger partial charge on any atom is 0.340 e. The summed E-state index contributed by atoms with van der Waals surface area (Å²) in [6, 6.07) is 10.4. The van der Waals surface area contributed by atoms with Gasteiger partial charge < -0.3 is 39.0 Å². The van der Waals surface area contributed by atoms with Crippen LogP contribution in [0.3, 0.4) is 0 Å². The smallest absolute Gasteiger partial charge is 0.340 e. The number of methoxy groups -OCH3 is 2. The van der Waals surface area contributed by atoms with Gasteiger partial charge in [-0.3, -0.25) is 0 Å². The van der Waals surface area contributed by atoms with E-state index in [1.54, 1.807) is 32.3 Å². The van der Waals surface area contributed by atoms with E-state index in [1.165, 1.54) is 13.2 Å². The number of benzene rings is 2. The molecule has 39 heavy (non-hydrogen) atoms. The van der Waals surface area contributed by atoms with E-state index in [2.05, 4.69) is 0 Å². The van der Waals surface area contributed by atoms with Crippen molar-refractivity contribution in [2.75, 3.05) is 14.2 Å². The van der Waals surface area contributed by atoms with E-state index in [1.807, 2.05) is 50.3 Å². The molecule has 1 aliphatic rings. The van der Waals surface area contributed by atoms with Crippen molar-refractivity contribution in [3.63, 3.8) is 0 Å². The highest BCUT2D eigenvalue weighted by atomic mass is 16.8. The van der Waals surface area contributed by atoms with Crippen molar-refractivity contribution in [3.05, 3.63) is 71.3 Å². The monoisotopic (exact) mass is 542 g/mol. The second-order valence-corrected chi connectivity index (χ2v) is 9.83. The van der Waals surface area contributed by atoms with Gasteiger partial charge in [0.1, 0.15) is 35.0 Å². The molecule has 1 unspecified atom stereocenters. The van der Waals surface area contributed by atoms with E-state index < -0.39 is 36.2 Å². The summed E-state index contributed by atoms with van der Waals surface area (Å²) in [6.07, 6.45) is 6.11. The highest BCUT2D eigenvalue weighted by Gasteiger charge is 2.44. The van der Waals surface area contributed by atoms with E-state index in [4.69, 9.17) is 23.7 Å². The SMILES string of the molecule is COc1ccc(COC(/C=C\C[C@H](C)O)[C@H]2OC(C)(C)O[C@H]2C/C=C/c2cc(OC)cc(O)c2C(=O)O)cc1. The van der Waals surface area contributed by atoms with Crippen molar-refractivity contribution in [3.8, 4) is 17.2 Å². The van der Waals surface area contributed by atoms with Crippen LogP contribution in [0.1, 0.15) is 55.1 Å². The minimum absolute atomic E-state index is 0.214. The van der Waals surface area contributed by atoms with Gasteiger partial charge in [-0.15, -0.1) is 0 Å². The van der Waals surface area contributed by atoms with E-state index in [9.17, 15) is 20.1 Å². The van der Waals surface area contributed by atoms with Gasteiger partial charge in [0.25, 0.3) is 0 Å². The van der Waals surface area contributed by atoms with Crippen LogP contribution in [0.25, 0.3) is 6.08 Å². The van der Waals surface area contributed by atoms with Crippen molar-refractivity contribution >= 4 is 12.0 Å². The Labute approximate surface area is 229 Å². The standard InChI is InChI=1S/C30H38O9/c1-19(31)8-6-10-25(37-18-20-12-14-22(35-4)15-13-20)28-26(38-30(2,3)39-28)11-7-9-21-16-23(36-5)17-24(32)27(21)29(33)34/h6-7,9-10,12-17,19,25-26,28,31-32H,8,11,18H2,1-5H3,(H,33,34)/b9-7+,10-6-/t19-,25?,26-,28+/m0/s1. The van der Waals surface area contributed by atoms with Gasteiger partial charge in [-0.25, -0.2) is 4.79 Å². The second-order valence-electron chi connectivity index (χ2n) is 9.83. The van der Waals surface area contributed by atoms with Crippen molar-refractivity contribution in [1.82, 2.24) is 0 Å². The van der Waals surface area contributed by atoms with E-state index in [0.717, 1.165) is 11.3 Å². The Kier molecular flexibility index (Phi) is 10.5. The zero-order chi connectivity index (χ0) is 28.6. The summed E-state index contributed by atoms with van der Waals surface area (Å²) in [5, 5.41) is 29.5. The van der Waals surface area contributed by atoms with Gasteiger partial charge in [0.05, 0.1) is 33.0 Å². The van der Waals surface area contributed by atoms with Gasteiger partial charge in [0.2, 0.25) is 0 Å². The number of carbonyl (C=O) groups is 1. The number of hydrogen-bond donors (Lipinski definition) is 3. The fourth-order valence-corrected chi connectivity index (χ4v) is 4.34. The number of carboxylic acids is 1. The number of phenols is 1. The van der Waals surface area contributed by atoms with Crippen LogP contribution in [-0.2, 0) is 20.8 Å². The Morgan fingerprint density at radius 3 is 2.38 bits per heavy atom. The Morgan fingerprint density at radius 2 is 1.77 bits per heavy atom. The average molecular weight is 543 g/mol. The molecule has 0 spiro atoms. The minimum atomic E-state index is -1.25. The lowest BCUT2D eigenvalue weighted by molar-refractivity contribution is -0.156. The lowest BCUT2D eigenvalue weighted by Crippen LogP contribution is -2.36. The van der Waals surface area contributed by atoms with Crippen LogP contribution >= 0.6 is 0 Å². The number of rotatable bonds is 13. The van der Waals surface area contributed by atoms with Gasteiger partial charge in [-0.05, 0) is 62.9 Å². The third kappa shape index (κ3) is 8.56. The lowest BCUT2D eigenvalue weighted by Gasteiger charge is -2.24. The van der Waals surface area contributed by atoms with Gasteiger partial charge >= 0.3 is 5.97 Å². The van der Waals surface area contributed by atoms with Crippen LogP contribution in [0.2, 0.25) is 0 Å². The molecule has 9 nitrogen and oxygen atoms in total. The van der Waals surface area contributed by atoms with Crippen LogP contribution < -0.4 is 9.47 Å². The van der Waals surface area contributed by atoms with Gasteiger partial charge in [-0.1, -0.05) is 36.4 Å². The Morgan fingerprint density at radius 1 is 1.08 bits per heavy atom. The third-order valence-corrected chi connectivity index (χ3v) is 6.19. The number of aromatic carboxylic acids is 1. The lowest BCUT2D eigenvalue weighted by atomic mass is 10.0. The molecule has 9 heteroatoms. The van der Waals surface area contributed by atoms with Crippen LogP contribution in [0, 0.1) is 0 Å². The maximum absolute atomic E-state index is 11.7. The number of hydrogen-bond acceptors (Lipinski definition) is 8. The van der Waals surface area contributed by atoms with Crippen LogP contribution in [-0.4, -0.2) is 65.7 Å². The van der Waals surface area contributed by atoms with Gasteiger partial charge in [-0.2, -0.15) is 0 Å². The fraction of sp³-hybridized carbons (Fsp3) is 0.433. The number of aliphatic hydroxyl groups excluding tert-OH is 1. The van der Waals surface area contributed by atoms with Crippen molar-refractivity contribution in [1.29, 1.82) is 0 Å². The first-order valence-corrected chi connectivity index (χ1v) is 12.8. The first-order chi connectivity index (χ1) is 18.5. The minimum Gasteiger partial charge on any atom is -0.507 e. The predicted molar refractivity (Wildman–Crippen MR) is 146 cm³/mol. The summed E-state index contributed by atoms with van der Waals surface area (Å²) in [6.45, 7) is 5.69.